The van der Waals surface area contributed by atoms with Crippen LogP contribution in [-0.4, -0.2) is 111 Å². The molecule has 16 nitrogen and oxygen atoms in total. The molecule has 1 saturated heterocycles. The number of pyridine rings is 1. The number of carbonyl (C=O) groups excluding carboxylic acids is 2. The number of aliphatic hydroxyl groups excluding tert-OH is 5. The Morgan fingerprint density at radius 2 is 1.78 bits per heavy atom. The highest BCUT2D eigenvalue weighted by Gasteiger charge is 2.46. The smallest absolute Gasteiger partial charge is 0.229 e. The van der Waals surface area contributed by atoms with E-state index in [4.69, 9.17) is 25.7 Å². The lowest BCUT2D eigenvalue weighted by molar-refractivity contribution is -0.277. The monoisotopic (exact) mass is 681 g/mol. The highest BCUT2D eigenvalue weighted by Crippen LogP contribution is 2.44. The Morgan fingerprint density at radius 1 is 1.04 bits per heavy atom. The van der Waals surface area contributed by atoms with Crippen molar-refractivity contribution in [2.24, 2.45) is 10.7 Å². The molecule has 49 heavy (non-hydrogen) atoms. The number of hydrogen-bond donors (Lipinski definition) is 9. The van der Waals surface area contributed by atoms with Crippen LogP contribution in [0.2, 0.25) is 0 Å². The van der Waals surface area contributed by atoms with Gasteiger partial charge in [-0.25, -0.2) is 4.98 Å². The summed E-state index contributed by atoms with van der Waals surface area (Å²) in [6.45, 7) is -1.06. The van der Waals surface area contributed by atoms with Crippen LogP contribution in [0, 0.1) is 0 Å². The van der Waals surface area contributed by atoms with Crippen molar-refractivity contribution in [3.8, 4) is 17.2 Å². The fraction of sp³-hybridized carbons (Fsp3) is 0.394. The lowest BCUT2D eigenvalue weighted by Crippen LogP contribution is -2.60. The van der Waals surface area contributed by atoms with E-state index in [1.165, 1.54) is 32.4 Å². The largest absolute Gasteiger partial charge is 0.507 e. The van der Waals surface area contributed by atoms with E-state index in [1.807, 2.05) is 0 Å². The van der Waals surface area contributed by atoms with Gasteiger partial charge >= 0.3 is 0 Å². The molecule has 6 unspecified atom stereocenters. The highest BCUT2D eigenvalue weighted by atomic mass is 16.7. The fourth-order valence-corrected chi connectivity index (χ4v) is 6.04. The van der Waals surface area contributed by atoms with Crippen molar-refractivity contribution < 1.29 is 54.4 Å². The Bertz CT molecular complexity index is 1750. The van der Waals surface area contributed by atoms with Gasteiger partial charge in [-0.05, 0) is 48.6 Å². The van der Waals surface area contributed by atoms with Crippen LogP contribution in [0.4, 0.5) is 5.82 Å². The molecule has 0 spiro atoms. The van der Waals surface area contributed by atoms with Gasteiger partial charge in [-0.3, -0.25) is 14.6 Å². The van der Waals surface area contributed by atoms with Crippen LogP contribution in [0.25, 0.3) is 0 Å². The first-order valence-corrected chi connectivity index (χ1v) is 15.4. The number of nitrogens with zero attached hydrogens (tertiary/aromatic N) is 2. The standard InChI is InChI=1S/C33H39N5O11/c1-36-33(35)38-19(7-8-39)23-15(5-3-14-4-6-22(34)37-12-14)9-17-25(28(23)43)29(44)24-18(26(17)41)10-16(47-2)11-20(24)48-32-31(46)30(45)27(42)21(13-40)49-32/h4,6,9-12,19,21,27,30-32,39-40,42-43,45-46H,3,5,7-8,13H2,1-2H3,(H2,34,37)(H3,35,36,38). The van der Waals surface area contributed by atoms with Gasteiger partial charge in [0.15, 0.2) is 11.7 Å². The molecule has 11 N–H and O–H groups in total. The summed E-state index contributed by atoms with van der Waals surface area (Å²) in [5.74, 6) is -1.86. The summed E-state index contributed by atoms with van der Waals surface area (Å²) >= 11 is 0. The molecule has 1 aliphatic heterocycles. The summed E-state index contributed by atoms with van der Waals surface area (Å²) < 4.78 is 16.7. The van der Waals surface area contributed by atoms with Crippen molar-refractivity contribution in [1.82, 2.24) is 10.3 Å². The molecule has 1 aliphatic carbocycles. The number of rotatable bonds is 11. The van der Waals surface area contributed by atoms with Crippen molar-refractivity contribution in [3.63, 3.8) is 0 Å². The predicted molar refractivity (Wildman–Crippen MR) is 174 cm³/mol. The van der Waals surface area contributed by atoms with Crippen molar-refractivity contribution in [2.45, 2.75) is 56.0 Å². The third-order valence-electron chi connectivity index (χ3n) is 8.63. The Kier molecular flexibility index (Phi) is 10.7. The highest BCUT2D eigenvalue weighted by molar-refractivity contribution is 6.30. The van der Waals surface area contributed by atoms with Gasteiger partial charge in [0.1, 0.15) is 47.5 Å². The first-order chi connectivity index (χ1) is 23.4. The van der Waals surface area contributed by atoms with Gasteiger partial charge in [0, 0.05) is 42.6 Å². The zero-order chi connectivity index (χ0) is 35.6. The Balaban J connectivity index is 1.65. The molecule has 0 amide bonds. The maximum Gasteiger partial charge on any atom is 0.229 e. The van der Waals surface area contributed by atoms with E-state index in [1.54, 1.807) is 18.3 Å². The van der Waals surface area contributed by atoms with Gasteiger partial charge < -0.3 is 61.6 Å². The van der Waals surface area contributed by atoms with Gasteiger partial charge in [-0.1, -0.05) is 6.07 Å². The summed E-state index contributed by atoms with van der Waals surface area (Å²) in [5, 5.41) is 65.6. The van der Waals surface area contributed by atoms with Crippen LogP contribution in [0.1, 0.15) is 61.0 Å². The number of nitrogens with one attached hydrogen (secondary N) is 1. The molecular weight excluding hydrogens is 642 g/mol. The van der Waals surface area contributed by atoms with Gasteiger partial charge in [0.2, 0.25) is 12.1 Å². The SMILES string of the molecule is CN=C(N)NC(CCO)c1c(CCc2ccc(N)nc2)cc2c(c1O)C(=O)c1c(OC3OC(CO)C(O)C(O)C3O)cc(OC)cc1C2=O. The van der Waals surface area contributed by atoms with Gasteiger partial charge in [0.05, 0.1) is 30.9 Å². The minimum Gasteiger partial charge on any atom is -0.507 e. The number of aryl methyl sites for hydroxylation is 2. The summed E-state index contributed by atoms with van der Waals surface area (Å²) in [7, 11) is 2.77. The lowest BCUT2D eigenvalue weighted by Gasteiger charge is -2.39. The lowest BCUT2D eigenvalue weighted by atomic mass is 9.78. The molecule has 0 radical (unpaired) electrons. The van der Waals surface area contributed by atoms with E-state index in [2.05, 4.69) is 15.3 Å². The van der Waals surface area contributed by atoms with Crippen molar-refractivity contribution in [3.05, 3.63) is 75.5 Å². The predicted octanol–water partition coefficient (Wildman–Crippen LogP) is -0.925. The van der Waals surface area contributed by atoms with Crippen molar-refractivity contribution in [1.29, 1.82) is 0 Å². The molecule has 2 aromatic carbocycles. The summed E-state index contributed by atoms with van der Waals surface area (Å²) in [5.41, 5.74) is 12.3. The number of hydrogen-bond acceptors (Lipinski definition) is 14. The zero-order valence-electron chi connectivity index (χ0n) is 26.7. The molecule has 262 valence electrons. The molecule has 0 bridgehead atoms. The second-order valence-electron chi connectivity index (χ2n) is 11.7. The van der Waals surface area contributed by atoms with E-state index in [0.29, 0.717) is 17.8 Å². The Morgan fingerprint density at radius 3 is 2.41 bits per heavy atom. The normalized spacial score (nSPS) is 22.7. The number of phenols is 1. The third-order valence-corrected chi connectivity index (χ3v) is 8.63. The number of aromatic hydroxyl groups is 1. The van der Waals surface area contributed by atoms with E-state index in [0.717, 1.165) is 5.56 Å². The van der Waals surface area contributed by atoms with E-state index in [-0.39, 0.29) is 64.7 Å². The third kappa shape index (κ3) is 6.87. The molecule has 6 atom stereocenters. The number of fused-ring (bicyclic) bond motifs is 2. The number of aliphatic hydroxyl groups is 5. The summed E-state index contributed by atoms with van der Waals surface area (Å²) in [6.07, 6.45) is -5.95. The van der Waals surface area contributed by atoms with Gasteiger partial charge in [-0.15, -0.1) is 0 Å². The molecule has 1 aromatic heterocycles. The number of aliphatic imine (C=N–C) groups is 1. The van der Waals surface area contributed by atoms with Crippen LogP contribution in [0.15, 0.2) is 41.5 Å². The number of ketones is 2. The molecule has 0 saturated carbocycles. The maximum atomic E-state index is 14.4. The molecule has 5 rings (SSSR count). The number of ether oxygens (including phenoxy) is 3. The summed E-state index contributed by atoms with van der Waals surface area (Å²) in [4.78, 5) is 36.6. The second-order valence-corrected chi connectivity index (χ2v) is 11.7. The number of aromatic nitrogens is 1. The molecule has 3 aromatic rings. The van der Waals surface area contributed by atoms with Gasteiger partial charge in [0.25, 0.3) is 0 Å². The number of phenolic OH excluding ortho intramolecular Hbond substituents is 1. The molecule has 16 heteroatoms. The first kappa shape index (κ1) is 35.5. The topological polar surface area (TPSA) is 273 Å². The number of carbonyl (C=O) groups is 2. The van der Waals surface area contributed by atoms with E-state index in [9.17, 15) is 40.2 Å². The number of nitrogens with two attached hydrogens (primary N) is 2. The number of nitrogen functional groups attached to an aromatic ring is 1. The quantitative estimate of drug-likeness (QED) is 0.0684. The second kappa shape index (κ2) is 14.7. The molecule has 2 aliphatic rings. The number of anilines is 1. The average molecular weight is 682 g/mol. The maximum absolute atomic E-state index is 14.4. The van der Waals surface area contributed by atoms with Crippen molar-refractivity contribution >= 4 is 23.3 Å². The number of methoxy groups -OCH3 is 1. The van der Waals surface area contributed by atoms with E-state index < -0.39 is 60.7 Å². The average Bonchev–Trinajstić information content (AvgIpc) is 3.09. The molecule has 1 fully saturated rings. The van der Waals surface area contributed by atoms with Gasteiger partial charge in [-0.2, -0.15) is 0 Å². The number of benzene rings is 2. The fourth-order valence-electron chi connectivity index (χ4n) is 6.04. The molecular formula is C33H39N5O11. The van der Waals surface area contributed by atoms with Crippen LogP contribution in [0.5, 0.6) is 17.2 Å². The minimum absolute atomic E-state index is 0.000635. The first-order valence-electron chi connectivity index (χ1n) is 15.4. The van der Waals surface area contributed by atoms with Crippen LogP contribution < -0.4 is 26.3 Å². The zero-order valence-corrected chi connectivity index (χ0v) is 26.7. The molecule has 2 heterocycles. The van der Waals surface area contributed by atoms with E-state index >= 15 is 0 Å². The van der Waals surface area contributed by atoms with Crippen LogP contribution in [-0.2, 0) is 17.6 Å². The summed E-state index contributed by atoms with van der Waals surface area (Å²) in [6, 6.07) is 6.70. The van der Waals surface area contributed by atoms with Crippen molar-refractivity contribution in [2.75, 3.05) is 33.1 Å². The number of guanidine groups is 1. The van der Waals surface area contributed by atoms with Crippen LogP contribution >= 0.6 is 0 Å². The Labute approximate surface area is 280 Å². The van der Waals surface area contributed by atoms with Crippen LogP contribution in [0.3, 0.4) is 0 Å². The minimum atomic E-state index is -1.82. The Hall–Kier alpha value is -4.84.